The maximum atomic E-state index is 13.3. The van der Waals surface area contributed by atoms with Gasteiger partial charge in [0.2, 0.25) is 0 Å². The first-order chi connectivity index (χ1) is 20.7. The van der Waals surface area contributed by atoms with Crippen LogP contribution in [0.5, 0.6) is 17.2 Å². The summed E-state index contributed by atoms with van der Waals surface area (Å²) in [7, 11) is 3.25. The van der Waals surface area contributed by atoms with Gasteiger partial charge in [0.15, 0.2) is 11.5 Å². The number of hydrogen-bond acceptors (Lipinski definition) is 5. The number of benzene rings is 4. The van der Waals surface area contributed by atoms with Gasteiger partial charge in [-0.3, -0.25) is 5.32 Å². The van der Waals surface area contributed by atoms with Crippen LogP contribution in [0.15, 0.2) is 84.9 Å². The molecule has 0 radical (unpaired) electrons. The molecule has 0 aliphatic carbocycles. The monoisotopic (exact) mass is 578 g/mol. The van der Waals surface area contributed by atoms with Gasteiger partial charge in [-0.1, -0.05) is 68.8 Å². The Balaban J connectivity index is 1.33. The van der Waals surface area contributed by atoms with Crippen molar-refractivity contribution in [3.8, 4) is 22.9 Å². The van der Waals surface area contributed by atoms with E-state index in [1.807, 2.05) is 91.9 Å². The van der Waals surface area contributed by atoms with Crippen molar-refractivity contribution in [2.75, 3.05) is 31.5 Å². The summed E-state index contributed by atoms with van der Waals surface area (Å²) in [5.41, 5.74) is 4.47. The Hall–Kier alpha value is -4.98. The second-order valence-corrected chi connectivity index (χ2v) is 11.4. The van der Waals surface area contributed by atoms with Crippen molar-refractivity contribution in [2.24, 2.45) is 0 Å². The van der Waals surface area contributed by atoms with Crippen LogP contribution in [0, 0.1) is 6.92 Å². The number of amides is 2. The third kappa shape index (κ3) is 6.75. The second-order valence-electron chi connectivity index (χ2n) is 11.4. The van der Waals surface area contributed by atoms with Crippen LogP contribution in [-0.4, -0.2) is 36.6 Å². The maximum absolute atomic E-state index is 13.3. The number of aromatic nitrogens is 2. The van der Waals surface area contributed by atoms with Crippen LogP contribution in [0.3, 0.4) is 0 Å². The number of methoxy groups -OCH3 is 2. The zero-order valence-corrected chi connectivity index (χ0v) is 25.5. The van der Waals surface area contributed by atoms with E-state index < -0.39 is 0 Å². The smallest absolute Gasteiger partial charge is 0.324 e. The molecule has 0 aliphatic heterocycles. The molecule has 8 nitrogen and oxygen atoms in total. The molecule has 5 rings (SSSR count). The first kappa shape index (κ1) is 29.5. The van der Waals surface area contributed by atoms with Gasteiger partial charge in [-0.25, -0.2) is 9.48 Å². The van der Waals surface area contributed by atoms with E-state index in [0.717, 1.165) is 39.0 Å². The molecular weight excluding hydrogens is 540 g/mol. The van der Waals surface area contributed by atoms with E-state index in [1.165, 1.54) is 0 Å². The lowest BCUT2D eigenvalue weighted by molar-refractivity contribution is 0.262. The van der Waals surface area contributed by atoms with Gasteiger partial charge < -0.3 is 19.5 Å². The molecule has 0 spiro atoms. The van der Waals surface area contributed by atoms with E-state index in [9.17, 15) is 4.79 Å². The number of rotatable bonds is 9. The summed E-state index contributed by atoms with van der Waals surface area (Å²) in [4.78, 5) is 13.3. The van der Waals surface area contributed by atoms with Crippen molar-refractivity contribution in [3.05, 3.63) is 102 Å². The Morgan fingerprint density at radius 3 is 2.21 bits per heavy atom. The van der Waals surface area contributed by atoms with Crippen molar-refractivity contribution in [3.63, 3.8) is 0 Å². The number of carbonyl (C=O) groups excluding carboxylic acids is 1. The Bertz CT molecular complexity index is 1740. The molecule has 0 aliphatic rings. The summed E-state index contributed by atoms with van der Waals surface area (Å²) in [5.74, 6) is 2.72. The fourth-order valence-corrected chi connectivity index (χ4v) is 4.81. The van der Waals surface area contributed by atoms with E-state index in [1.54, 1.807) is 18.9 Å². The Morgan fingerprint density at radius 1 is 0.814 bits per heavy atom. The lowest BCUT2D eigenvalue weighted by Crippen LogP contribution is -2.21. The van der Waals surface area contributed by atoms with Crippen LogP contribution in [0.4, 0.5) is 16.3 Å². The standard InChI is InChI=1S/C35H38N4O4/c1-23-11-14-25(15-12-23)39-33(22-32(38-39)35(2,3)4)37-34(40)36-28-16-18-29(27-10-8-7-9-26(27)28)43-20-19-24-13-17-30(41-5)31(21-24)42-6/h7-18,21-22H,19-20H2,1-6H3,(H2,36,37,40). The van der Waals surface area contributed by atoms with Crippen molar-refractivity contribution in [1.82, 2.24) is 9.78 Å². The number of carbonyl (C=O) groups is 1. The molecule has 0 saturated heterocycles. The minimum Gasteiger partial charge on any atom is -0.493 e. The van der Waals surface area contributed by atoms with E-state index >= 15 is 0 Å². The molecule has 0 atom stereocenters. The van der Waals surface area contributed by atoms with Crippen LogP contribution in [0.25, 0.3) is 16.5 Å². The van der Waals surface area contributed by atoms with Crippen molar-refractivity contribution >= 4 is 28.3 Å². The molecular formula is C35H38N4O4. The Morgan fingerprint density at radius 2 is 1.51 bits per heavy atom. The molecule has 43 heavy (non-hydrogen) atoms. The van der Waals surface area contributed by atoms with Gasteiger partial charge in [0.25, 0.3) is 0 Å². The van der Waals surface area contributed by atoms with E-state index in [4.69, 9.17) is 19.3 Å². The summed E-state index contributed by atoms with van der Waals surface area (Å²) in [5, 5.41) is 12.6. The highest BCUT2D eigenvalue weighted by molar-refractivity contribution is 6.07. The average molecular weight is 579 g/mol. The Labute approximate surface area is 252 Å². The number of nitrogens with one attached hydrogen (secondary N) is 2. The lowest BCUT2D eigenvalue weighted by Gasteiger charge is -2.15. The molecule has 0 saturated carbocycles. The topological polar surface area (TPSA) is 86.6 Å². The van der Waals surface area contributed by atoms with Gasteiger partial charge in [0, 0.05) is 28.7 Å². The molecule has 0 bridgehead atoms. The predicted molar refractivity (Wildman–Crippen MR) is 172 cm³/mol. The maximum Gasteiger partial charge on any atom is 0.324 e. The van der Waals surface area contributed by atoms with E-state index in [0.29, 0.717) is 36.0 Å². The molecule has 4 aromatic carbocycles. The number of nitrogens with zero attached hydrogens (tertiary/aromatic N) is 2. The van der Waals surface area contributed by atoms with Crippen molar-refractivity contribution < 1.29 is 19.0 Å². The Kier molecular flexibility index (Phi) is 8.57. The van der Waals surface area contributed by atoms with Gasteiger partial charge in [-0.05, 0) is 48.9 Å². The van der Waals surface area contributed by atoms with Gasteiger partial charge in [-0.2, -0.15) is 5.10 Å². The zero-order valence-electron chi connectivity index (χ0n) is 25.5. The summed E-state index contributed by atoms with van der Waals surface area (Å²) < 4.78 is 18.7. The fraction of sp³-hybridized carbons (Fsp3) is 0.257. The average Bonchev–Trinajstić information content (AvgIpc) is 3.42. The van der Waals surface area contributed by atoms with Crippen LogP contribution < -0.4 is 24.8 Å². The normalized spacial score (nSPS) is 11.3. The number of hydrogen-bond donors (Lipinski definition) is 2. The van der Waals surface area contributed by atoms with Crippen molar-refractivity contribution in [1.29, 1.82) is 0 Å². The third-order valence-corrected chi connectivity index (χ3v) is 7.23. The fourth-order valence-electron chi connectivity index (χ4n) is 4.81. The quantitative estimate of drug-likeness (QED) is 0.186. The minimum atomic E-state index is -0.360. The molecule has 2 N–H and O–H groups in total. The summed E-state index contributed by atoms with van der Waals surface area (Å²) in [6.07, 6.45) is 0.697. The highest BCUT2D eigenvalue weighted by atomic mass is 16.5. The molecule has 1 heterocycles. The molecule has 222 valence electrons. The second kappa shape index (κ2) is 12.5. The molecule has 0 fully saturated rings. The van der Waals surface area contributed by atoms with Crippen molar-refractivity contribution in [2.45, 2.75) is 39.5 Å². The highest BCUT2D eigenvalue weighted by Crippen LogP contribution is 2.33. The number of anilines is 2. The molecule has 1 aromatic heterocycles. The summed E-state index contributed by atoms with van der Waals surface area (Å²) in [6.45, 7) is 8.82. The van der Waals surface area contributed by atoms with E-state index in [-0.39, 0.29) is 11.4 Å². The van der Waals surface area contributed by atoms with Crippen LogP contribution in [0.1, 0.15) is 37.6 Å². The van der Waals surface area contributed by atoms with Gasteiger partial charge in [-0.15, -0.1) is 0 Å². The number of urea groups is 1. The summed E-state index contributed by atoms with van der Waals surface area (Å²) in [6, 6.07) is 27.1. The van der Waals surface area contributed by atoms with Gasteiger partial charge in [0.05, 0.1) is 37.9 Å². The third-order valence-electron chi connectivity index (χ3n) is 7.23. The number of ether oxygens (including phenoxy) is 3. The molecule has 8 heteroatoms. The predicted octanol–water partition coefficient (Wildman–Crippen LogP) is 7.91. The minimum absolute atomic E-state index is 0.186. The largest absolute Gasteiger partial charge is 0.493 e. The lowest BCUT2D eigenvalue weighted by atomic mass is 9.92. The number of fused-ring (bicyclic) bond motifs is 1. The van der Waals surface area contributed by atoms with Gasteiger partial charge in [0.1, 0.15) is 11.6 Å². The first-order valence-electron chi connectivity index (χ1n) is 14.3. The SMILES string of the molecule is COc1ccc(CCOc2ccc(NC(=O)Nc3cc(C(C)(C)C)nn3-c3ccc(C)cc3)c3ccccc23)cc1OC. The summed E-state index contributed by atoms with van der Waals surface area (Å²) >= 11 is 0. The molecule has 5 aromatic rings. The van der Waals surface area contributed by atoms with Crippen LogP contribution >= 0.6 is 0 Å². The van der Waals surface area contributed by atoms with Crippen LogP contribution in [-0.2, 0) is 11.8 Å². The first-order valence-corrected chi connectivity index (χ1v) is 14.3. The van der Waals surface area contributed by atoms with E-state index in [2.05, 4.69) is 31.4 Å². The number of aryl methyl sites for hydroxylation is 1. The van der Waals surface area contributed by atoms with Gasteiger partial charge >= 0.3 is 6.03 Å². The molecule has 2 amide bonds. The highest BCUT2D eigenvalue weighted by Gasteiger charge is 2.22. The molecule has 0 unspecified atom stereocenters. The zero-order chi connectivity index (χ0) is 30.6. The van der Waals surface area contributed by atoms with Crippen LogP contribution in [0.2, 0.25) is 0 Å².